The van der Waals surface area contributed by atoms with E-state index in [1.54, 1.807) is 36.7 Å². The first-order valence-corrected chi connectivity index (χ1v) is 10.5. The first-order chi connectivity index (χ1) is 14.5. The van der Waals surface area contributed by atoms with E-state index in [0.29, 0.717) is 28.4 Å². The van der Waals surface area contributed by atoms with Crippen molar-refractivity contribution in [2.45, 2.75) is 30.2 Å². The van der Waals surface area contributed by atoms with Crippen LogP contribution in [0.2, 0.25) is 0 Å². The van der Waals surface area contributed by atoms with Gasteiger partial charge in [-0.3, -0.25) is 4.98 Å². The molecule has 0 aliphatic heterocycles. The third-order valence-electron chi connectivity index (χ3n) is 4.19. The Morgan fingerprint density at radius 2 is 1.83 bits per heavy atom. The van der Waals surface area contributed by atoms with Crippen LogP contribution in [0.4, 0.5) is 14.5 Å². The van der Waals surface area contributed by atoms with E-state index in [1.807, 2.05) is 43.3 Å². The third-order valence-corrected chi connectivity index (χ3v) is 5.14. The van der Waals surface area contributed by atoms with Gasteiger partial charge in [0.25, 0.3) is 5.76 Å². The topological polar surface area (TPSA) is 46.2 Å². The lowest BCUT2D eigenvalue weighted by atomic mass is 10.1. The average molecular weight is 446 g/mol. The Morgan fingerprint density at radius 3 is 2.47 bits per heavy atom. The van der Waals surface area contributed by atoms with Crippen molar-refractivity contribution in [2.75, 3.05) is 5.32 Å². The van der Waals surface area contributed by atoms with Crippen molar-refractivity contribution in [3.05, 3.63) is 84.2 Å². The van der Waals surface area contributed by atoms with Crippen LogP contribution in [-0.2, 0) is 6.61 Å². The number of thioether (sulfide) groups is 1. The van der Waals surface area contributed by atoms with Crippen LogP contribution in [0, 0.1) is 0 Å². The number of rotatable bonds is 8. The number of benzene rings is 2. The fourth-order valence-electron chi connectivity index (χ4n) is 2.67. The second kappa shape index (κ2) is 10.9. The number of alkyl halides is 2. The molecule has 2 N–H and O–H groups in total. The number of thiocarbonyl (C=S) groups is 1. The summed E-state index contributed by atoms with van der Waals surface area (Å²) < 4.78 is 30.5. The Morgan fingerprint density at radius 1 is 1.10 bits per heavy atom. The van der Waals surface area contributed by atoms with E-state index in [4.69, 9.17) is 17.0 Å². The third kappa shape index (κ3) is 6.96. The van der Waals surface area contributed by atoms with Gasteiger partial charge in [0, 0.05) is 28.5 Å². The van der Waals surface area contributed by atoms with Gasteiger partial charge in [0.2, 0.25) is 0 Å². The van der Waals surface area contributed by atoms with Crippen molar-refractivity contribution in [1.29, 1.82) is 0 Å². The van der Waals surface area contributed by atoms with E-state index in [2.05, 4.69) is 15.6 Å². The number of aromatic nitrogens is 1. The van der Waals surface area contributed by atoms with Crippen LogP contribution in [-0.4, -0.2) is 15.9 Å². The van der Waals surface area contributed by atoms with Crippen molar-refractivity contribution in [2.24, 2.45) is 0 Å². The fourth-order valence-corrected chi connectivity index (χ4v) is 3.46. The van der Waals surface area contributed by atoms with Crippen LogP contribution in [0.1, 0.15) is 24.1 Å². The highest BCUT2D eigenvalue weighted by Crippen LogP contribution is 2.26. The molecule has 30 heavy (non-hydrogen) atoms. The number of pyridine rings is 1. The number of anilines is 1. The highest BCUT2D eigenvalue weighted by Gasteiger charge is 2.09. The van der Waals surface area contributed by atoms with E-state index in [1.165, 1.54) is 0 Å². The summed E-state index contributed by atoms with van der Waals surface area (Å²) in [4.78, 5) is 4.58. The molecule has 0 radical (unpaired) electrons. The predicted octanol–water partition coefficient (Wildman–Crippen LogP) is 6.02. The summed E-state index contributed by atoms with van der Waals surface area (Å²) in [7, 11) is 0. The highest BCUT2D eigenvalue weighted by atomic mass is 32.2. The van der Waals surface area contributed by atoms with Gasteiger partial charge in [-0.1, -0.05) is 30.0 Å². The van der Waals surface area contributed by atoms with E-state index in [-0.39, 0.29) is 6.04 Å². The molecule has 0 saturated carbocycles. The number of ether oxygens (including phenoxy) is 1. The molecule has 2 aromatic carbocycles. The van der Waals surface area contributed by atoms with Crippen LogP contribution in [0.3, 0.4) is 0 Å². The summed E-state index contributed by atoms with van der Waals surface area (Å²) in [5.74, 6) is -1.66. The number of hydrogen-bond donors (Lipinski definition) is 2. The average Bonchev–Trinajstić information content (AvgIpc) is 2.74. The van der Waals surface area contributed by atoms with Crippen molar-refractivity contribution < 1.29 is 13.5 Å². The van der Waals surface area contributed by atoms with Crippen molar-refractivity contribution in [3.8, 4) is 5.75 Å². The SMILES string of the molecule is CC(NC(=S)Nc1ccc(SC(F)F)cc1)c1ccc(OCc2cccnc2)cc1. The Balaban J connectivity index is 1.48. The van der Waals surface area contributed by atoms with Crippen molar-refractivity contribution >= 4 is 34.8 Å². The summed E-state index contributed by atoms with van der Waals surface area (Å²) in [5.41, 5.74) is 2.79. The maximum Gasteiger partial charge on any atom is 0.288 e. The normalized spacial score (nSPS) is 11.7. The van der Waals surface area contributed by atoms with Crippen molar-refractivity contribution in [1.82, 2.24) is 10.3 Å². The molecule has 1 unspecified atom stereocenters. The molecule has 3 rings (SSSR count). The minimum Gasteiger partial charge on any atom is -0.489 e. The minimum absolute atomic E-state index is 0.0222. The minimum atomic E-state index is -2.43. The standard InChI is InChI=1S/C22H21F2N3OS2/c1-15(26-22(29)27-18-6-10-20(11-7-18)30-21(23)24)17-4-8-19(9-5-17)28-14-16-3-2-12-25-13-16/h2-13,15,21H,14H2,1H3,(H2,26,27,29). The van der Waals surface area contributed by atoms with Gasteiger partial charge in [0.15, 0.2) is 5.11 Å². The van der Waals surface area contributed by atoms with Crippen LogP contribution in [0.5, 0.6) is 5.75 Å². The zero-order chi connectivity index (χ0) is 21.3. The first kappa shape index (κ1) is 22.0. The molecular formula is C22H21F2N3OS2. The molecule has 0 aliphatic rings. The lowest BCUT2D eigenvalue weighted by molar-refractivity contribution is 0.252. The summed E-state index contributed by atoms with van der Waals surface area (Å²) in [6, 6.07) is 18.3. The largest absolute Gasteiger partial charge is 0.489 e. The molecule has 156 valence electrons. The number of halogens is 2. The lowest BCUT2D eigenvalue weighted by Crippen LogP contribution is -2.30. The maximum absolute atomic E-state index is 12.4. The number of nitrogens with one attached hydrogen (secondary N) is 2. The molecular weight excluding hydrogens is 424 g/mol. The fraction of sp³-hybridized carbons (Fsp3) is 0.182. The molecule has 0 spiro atoms. The highest BCUT2D eigenvalue weighted by molar-refractivity contribution is 7.99. The van der Waals surface area contributed by atoms with Crippen LogP contribution >= 0.6 is 24.0 Å². The molecule has 0 bridgehead atoms. The predicted molar refractivity (Wildman–Crippen MR) is 121 cm³/mol. The van der Waals surface area contributed by atoms with Gasteiger partial charge in [-0.05, 0) is 67.2 Å². The van der Waals surface area contributed by atoms with Crippen LogP contribution < -0.4 is 15.4 Å². The molecule has 0 saturated heterocycles. The molecule has 1 aromatic heterocycles. The molecule has 8 heteroatoms. The van der Waals surface area contributed by atoms with Gasteiger partial charge < -0.3 is 15.4 Å². The van der Waals surface area contributed by atoms with Gasteiger partial charge in [-0.25, -0.2) is 0 Å². The van der Waals surface area contributed by atoms with Gasteiger partial charge in [-0.2, -0.15) is 8.78 Å². The summed E-state index contributed by atoms with van der Waals surface area (Å²) >= 11 is 5.87. The van der Waals surface area contributed by atoms with Crippen molar-refractivity contribution in [3.63, 3.8) is 0 Å². The number of nitrogens with zero attached hydrogens (tertiary/aromatic N) is 1. The molecule has 4 nitrogen and oxygen atoms in total. The summed E-state index contributed by atoms with van der Waals surface area (Å²) in [6.07, 6.45) is 3.51. The second-order valence-corrected chi connectivity index (χ2v) is 7.91. The van der Waals surface area contributed by atoms with E-state index >= 15 is 0 Å². The second-order valence-electron chi connectivity index (χ2n) is 6.44. The van der Waals surface area contributed by atoms with Gasteiger partial charge in [0.1, 0.15) is 12.4 Å². The smallest absolute Gasteiger partial charge is 0.288 e. The van der Waals surface area contributed by atoms with Gasteiger partial charge >= 0.3 is 0 Å². The quantitative estimate of drug-likeness (QED) is 0.326. The zero-order valence-corrected chi connectivity index (χ0v) is 17.9. The lowest BCUT2D eigenvalue weighted by Gasteiger charge is -2.18. The van der Waals surface area contributed by atoms with Crippen LogP contribution in [0.15, 0.2) is 78.0 Å². The summed E-state index contributed by atoms with van der Waals surface area (Å²) in [5, 5.41) is 6.73. The molecule has 3 aromatic rings. The van der Waals surface area contributed by atoms with Gasteiger partial charge in [0.05, 0.1) is 6.04 Å². The number of hydrogen-bond acceptors (Lipinski definition) is 4. The van der Waals surface area contributed by atoms with Gasteiger partial charge in [-0.15, -0.1) is 0 Å². The van der Waals surface area contributed by atoms with E-state index in [9.17, 15) is 8.78 Å². The Hall–Kier alpha value is -2.71. The Kier molecular flexibility index (Phi) is 7.98. The molecule has 0 fully saturated rings. The van der Waals surface area contributed by atoms with Crippen LogP contribution in [0.25, 0.3) is 0 Å². The van der Waals surface area contributed by atoms with E-state index in [0.717, 1.165) is 22.6 Å². The Labute approximate surface area is 184 Å². The maximum atomic E-state index is 12.4. The molecule has 1 atom stereocenters. The Bertz CT molecular complexity index is 939. The monoisotopic (exact) mass is 445 g/mol. The van der Waals surface area contributed by atoms with E-state index < -0.39 is 5.76 Å². The summed E-state index contributed by atoms with van der Waals surface area (Å²) in [6.45, 7) is 2.46. The molecule has 1 heterocycles. The molecule has 0 aliphatic carbocycles. The first-order valence-electron chi connectivity index (χ1n) is 9.23. The molecule has 0 amide bonds. The zero-order valence-electron chi connectivity index (χ0n) is 16.2.